The normalized spacial score (nSPS) is 29.5. The molecule has 2 atom stereocenters. The van der Waals surface area contributed by atoms with Gasteiger partial charge in [-0.3, -0.25) is 4.79 Å². The van der Waals surface area contributed by atoms with E-state index < -0.39 is 11.4 Å². The van der Waals surface area contributed by atoms with Gasteiger partial charge >= 0.3 is 5.97 Å². The van der Waals surface area contributed by atoms with Gasteiger partial charge in [-0.1, -0.05) is 0 Å². The van der Waals surface area contributed by atoms with Crippen molar-refractivity contribution >= 4 is 17.3 Å². The van der Waals surface area contributed by atoms with E-state index in [9.17, 15) is 9.90 Å². The molecular formula is C11H15NO3S. The molecule has 0 radical (unpaired) electrons. The lowest BCUT2D eigenvalue weighted by Gasteiger charge is -2.26. The predicted molar refractivity (Wildman–Crippen MR) is 60.7 cm³/mol. The Morgan fingerprint density at radius 3 is 3.00 bits per heavy atom. The molecule has 1 N–H and O–H groups in total. The Bertz CT molecular complexity index is 404. The molecule has 0 aliphatic carbocycles. The third-order valence-corrected chi connectivity index (χ3v) is 4.22. The largest absolute Gasteiger partial charge is 0.481 e. The fourth-order valence-electron chi connectivity index (χ4n) is 2.12. The van der Waals surface area contributed by atoms with E-state index in [1.165, 1.54) is 11.3 Å². The molecule has 0 bridgehead atoms. The van der Waals surface area contributed by atoms with Crippen molar-refractivity contribution in [3.8, 4) is 0 Å². The van der Waals surface area contributed by atoms with Gasteiger partial charge in [0.25, 0.3) is 0 Å². The molecule has 2 unspecified atom stereocenters. The van der Waals surface area contributed by atoms with Gasteiger partial charge in [0.2, 0.25) is 0 Å². The van der Waals surface area contributed by atoms with Gasteiger partial charge in [0.05, 0.1) is 11.1 Å². The number of carbonyl (C=O) groups is 1. The molecular weight excluding hydrogens is 226 g/mol. The summed E-state index contributed by atoms with van der Waals surface area (Å²) in [6.07, 6.45) is 0.804. The van der Waals surface area contributed by atoms with Crippen molar-refractivity contribution in [2.45, 2.75) is 32.8 Å². The van der Waals surface area contributed by atoms with Crippen LogP contribution < -0.4 is 0 Å². The lowest BCUT2D eigenvalue weighted by Crippen LogP contribution is -2.39. The second-order valence-electron chi connectivity index (χ2n) is 4.28. The third-order valence-electron chi connectivity index (χ3n) is 3.25. The summed E-state index contributed by atoms with van der Waals surface area (Å²) < 4.78 is 5.41. The average molecular weight is 241 g/mol. The second-order valence-corrected chi connectivity index (χ2v) is 5.23. The number of thiazole rings is 1. The van der Waals surface area contributed by atoms with Gasteiger partial charge in [0.15, 0.2) is 0 Å². The minimum absolute atomic E-state index is 0.241. The smallest absolute Gasteiger partial charge is 0.312 e. The Labute approximate surface area is 98.3 Å². The quantitative estimate of drug-likeness (QED) is 0.877. The highest BCUT2D eigenvalue weighted by atomic mass is 32.1. The van der Waals surface area contributed by atoms with Crippen molar-refractivity contribution < 1.29 is 14.6 Å². The number of rotatable bonds is 3. The molecule has 0 spiro atoms. The maximum atomic E-state index is 11.4. The standard InChI is InChI=1S/C11H15NO3S/c1-7-6-16-9(12-7)5-11(10(13)14)3-4-15-8(11)2/h6,8H,3-5H2,1-2H3,(H,13,14). The molecule has 0 aromatic carbocycles. The van der Waals surface area contributed by atoms with Crippen LogP contribution in [0.2, 0.25) is 0 Å². The summed E-state index contributed by atoms with van der Waals surface area (Å²) in [5.41, 5.74) is 0.164. The first-order chi connectivity index (χ1) is 7.54. The van der Waals surface area contributed by atoms with Gasteiger partial charge in [-0.2, -0.15) is 0 Å². The zero-order valence-electron chi connectivity index (χ0n) is 9.40. The molecule has 88 valence electrons. The van der Waals surface area contributed by atoms with Gasteiger partial charge < -0.3 is 9.84 Å². The van der Waals surface area contributed by atoms with Crippen molar-refractivity contribution in [3.63, 3.8) is 0 Å². The maximum Gasteiger partial charge on any atom is 0.312 e. The highest BCUT2D eigenvalue weighted by Gasteiger charge is 2.48. The number of aromatic nitrogens is 1. The summed E-state index contributed by atoms with van der Waals surface area (Å²) in [4.78, 5) is 15.8. The van der Waals surface area contributed by atoms with Gasteiger partial charge in [-0.05, 0) is 20.3 Å². The summed E-state index contributed by atoms with van der Waals surface area (Å²) in [6, 6.07) is 0. The Kier molecular flexibility index (Phi) is 2.99. The maximum absolute atomic E-state index is 11.4. The Morgan fingerprint density at radius 1 is 1.81 bits per heavy atom. The van der Waals surface area contributed by atoms with Gasteiger partial charge in [-0.15, -0.1) is 11.3 Å². The van der Waals surface area contributed by atoms with Crippen LogP contribution in [0.4, 0.5) is 0 Å². The monoisotopic (exact) mass is 241 g/mol. The first-order valence-corrected chi connectivity index (χ1v) is 6.18. The predicted octanol–water partition coefficient (Wildman–Crippen LogP) is 1.87. The average Bonchev–Trinajstić information content (AvgIpc) is 2.76. The highest BCUT2D eigenvalue weighted by molar-refractivity contribution is 7.09. The molecule has 1 fully saturated rings. The van der Waals surface area contributed by atoms with E-state index in [0.29, 0.717) is 19.4 Å². The molecule has 2 heterocycles. The van der Waals surface area contributed by atoms with E-state index in [0.717, 1.165) is 10.7 Å². The minimum atomic E-state index is -0.787. The van der Waals surface area contributed by atoms with Crippen LogP contribution in [0.5, 0.6) is 0 Å². The Balaban J connectivity index is 2.24. The first kappa shape index (κ1) is 11.5. The van der Waals surface area contributed by atoms with E-state index in [1.54, 1.807) is 0 Å². The molecule has 1 saturated heterocycles. The molecule has 0 saturated carbocycles. The minimum Gasteiger partial charge on any atom is -0.481 e. The zero-order valence-corrected chi connectivity index (χ0v) is 10.2. The third kappa shape index (κ3) is 1.85. The van der Waals surface area contributed by atoms with E-state index in [4.69, 9.17) is 4.74 Å². The van der Waals surface area contributed by atoms with Crippen LogP contribution in [-0.4, -0.2) is 28.8 Å². The SMILES string of the molecule is Cc1csc(CC2(C(=O)O)CCOC2C)n1. The number of hydrogen-bond donors (Lipinski definition) is 1. The van der Waals surface area contributed by atoms with Crippen LogP contribution in [0.1, 0.15) is 24.0 Å². The summed E-state index contributed by atoms with van der Waals surface area (Å²) in [5.74, 6) is -0.773. The van der Waals surface area contributed by atoms with Gasteiger partial charge in [0, 0.05) is 24.1 Å². The summed E-state index contributed by atoms with van der Waals surface area (Å²) in [6.45, 7) is 4.28. The van der Waals surface area contributed by atoms with E-state index in [2.05, 4.69) is 4.98 Å². The lowest BCUT2D eigenvalue weighted by atomic mass is 9.79. The van der Waals surface area contributed by atoms with Crippen LogP contribution in [0.15, 0.2) is 5.38 Å². The molecule has 1 aromatic rings. The number of ether oxygens (including phenoxy) is 1. The van der Waals surface area contributed by atoms with Gasteiger partial charge in [-0.25, -0.2) is 4.98 Å². The molecule has 1 aliphatic rings. The van der Waals surface area contributed by atoms with Crippen LogP contribution in [0.3, 0.4) is 0 Å². The second kappa shape index (κ2) is 4.14. The van der Waals surface area contributed by atoms with Crippen molar-refractivity contribution in [1.82, 2.24) is 4.98 Å². The lowest BCUT2D eigenvalue weighted by molar-refractivity contribution is -0.151. The molecule has 4 nitrogen and oxygen atoms in total. The molecule has 1 aliphatic heterocycles. The summed E-state index contributed by atoms with van der Waals surface area (Å²) >= 11 is 1.52. The number of aryl methyl sites for hydroxylation is 1. The Hall–Kier alpha value is -0.940. The molecule has 1 aromatic heterocycles. The van der Waals surface area contributed by atoms with E-state index in [-0.39, 0.29) is 6.10 Å². The summed E-state index contributed by atoms with van der Waals surface area (Å²) in [7, 11) is 0. The molecule has 0 amide bonds. The highest BCUT2D eigenvalue weighted by Crippen LogP contribution is 2.39. The molecule has 5 heteroatoms. The van der Waals surface area contributed by atoms with E-state index in [1.807, 2.05) is 19.2 Å². The molecule has 16 heavy (non-hydrogen) atoms. The molecule has 2 rings (SSSR count). The van der Waals surface area contributed by atoms with Crippen LogP contribution in [0.25, 0.3) is 0 Å². The van der Waals surface area contributed by atoms with E-state index >= 15 is 0 Å². The Morgan fingerprint density at radius 2 is 2.56 bits per heavy atom. The topological polar surface area (TPSA) is 59.4 Å². The van der Waals surface area contributed by atoms with Crippen molar-refractivity contribution in [2.24, 2.45) is 5.41 Å². The van der Waals surface area contributed by atoms with Crippen molar-refractivity contribution in [2.75, 3.05) is 6.61 Å². The van der Waals surface area contributed by atoms with Crippen molar-refractivity contribution in [1.29, 1.82) is 0 Å². The van der Waals surface area contributed by atoms with Crippen LogP contribution in [0, 0.1) is 12.3 Å². The number of hydrogen-bond acceptors (Lipinski definition) is 4. The number of nitrogens with zero attached hydrogens (tertiary/aromatic N) is 1. The van der Waals surface area contributed by atoms with Crippen LogP contribution in [-0.2, 0) is 16.0 Å². The summed E-state index contributed by atoms with van der Waals surface area (Å²) in [5, 5.41) is 12.2. The fourth-order valence-corrected chi connectivity index (χ4v) is 3.02. The number of aliphatic carboxylic acids is 1. The van der Waals surface area contributed by atoms with Crippen molar-refractivity contribution in [3.05, 3.63) is 16.1 Å². The van der Waals surface area contributed by atoms with Gasteiger partial charge in [0.1, 0.15) is 5.41 Å². The fraction of sp³-hybridized carbons (Fsp3) is 0.636. The number of carboxylic acid groups (broad SMARTS) is 1. The zero-order chi connectivity index (χ0) is 11.8. The number of carboxylic acids is 1. The van der Waals surface area contributed by atoms with Crippen LogP contribution >= 0.6 is 11.3 Å². The first-order valence-electron chi connectivity index (χ1n) is 5.30.